The monoisotopic (exact) mass is 296 g/mol. The summed E-state index contributed by atoms with van der Waals surface area (Å²) in [6, 6.07) is 5.60. The van der Waals surface area contributed by atoms with E-state index in [-0.39, 0.29) is 6.04 Å². The molecule has 0 amide bonds. The molecule has 2 rings (SSSR count). The maximum atomic E-state index is 12.6. The van der Waals surface area contributed by atoms with Crippen molar-refractivity contribution in [1.82, 2.24) is 9.62 Å². The van der Waals surface area contributed by atoms with E-state index in [4.69, 9.17) is 0 Å². The molecule has 1 fully saturated rings. The van der Waals surface area contributed by atoms with Crippen molar-refractivity contribution in [2.24, 2.45) is 0 Å². The minimum absolute atomic E-state index is 0.179. The molecule has 0 bridgehead atoms. The van der Waals surface area contributed by atoms with Crippen LogP contribution in [0.4, 0.5) is 0 Å². The molecule has 5 heteroatoms. The summed E-state index contributed by atoms with van der Waals surface area (Å²) >= 11 is 0. The fraction of sp³-hybridized carbons (Fsp3) is 0.600. The van der Waals surface area contributed by atoms with Crippen molar-refractivity contribution < 1.29 is 8.42 Å². The summed E-state index contributed by atoms with van der Waals surface area (Å²) in [5.41, 5.74) is 2.17. The number of hydrogen-bond acceptors (Lipinski definition) is 3. The number of sulfonamides is 1. The van der Waals surface area contributed by atoms with Gasteiger partial charge in [-0.3, -0.25) is 0 Å². The lowest BCUT2D eigenvalue weighted by atomic mass is 9.94. The predicted molar refractivity (Wildman–Crippen MR) is 81.1 cm³/mol. The molecule has 0 atom stereocenters. The molecule has 0 aromatic heterocycles. The summed E-state index contributed by atoms with van der Waals surface area (Å²) in [5, 5.41) is 3.25. The van der Waals surface area contributed by atoms with Crippen LogP contribution in [0.1, 0.15) is 37.3 Å². The van der Waals surface area contributed by atoms with Crippen LogP contribution in [0.25, 0.3) is 0 Å². The van der Waals surface area contributed by atoms with Gasteiger partial charge >= 0.3 is 0 Å². The lowest BCUT2D eigenvalue weighted by Crippen LogP contribution is -2.41. The Morgan fingerprint density at radius 1 is 1.35 bits per heavy atom. The highest BCUT2D eigenvalue weighted by Crippen LogP contribution is 2.29. The minimum atomic E-state index is -3.36. The average molecular weight is 296 g/mol. The van der Waals surface area contributed by atoms with Crippen LogP contribution in [-0.4, -0.2) is 32.4 Å². The molecule has 1 aliphatic rings. The molecule has 1 aromatic carbocycles. The molecule has 0 saturated heterocycles. The van der Waals surface area contributed by atoms with Gasteiger partial charge in [0.2, 0.25) is 10.0 Å². The molecule has 4 nitrogen and oxygen atoms in total. The first-order valence-electron chi connectivity index (χ1n) is 7.25. The second kappa shape index (κ2) is 6.24. The Labute approximate surface area is 122 Å². The van der Waals surface area contributed by atoms with E-state index in [9.17, 15) is 8.42 Å². The largest absolute Gasteiger partial charge is 0.313 e. The highest BCUT2D eigenvalue weighted by atomic mass is 32.2. The van der Waals surface area contributed by atoms with Crippen molar-refractivity contribution in [2.75, 3.05) is 13.6 Å². The van der Waals surface area contributed by atoms with E-state index in [1.807, 2.05) is 26.0 Å². The SMILES string of the molecule is CCNCc1cc(S(=O)(=O)N(C)C2CCC2)ccc1C. The molecule has 1 N–H and O–H groups in total. The van der Waals surface area contributed by atoms with Crippen molar-refractivity contribution in [1.29, 1.82) is 0 Å². The van der Waals surface area contributed by atoms with Gasteiger partial charge in [0.1, 0.15) is 0 Å². The number of benzene rings is 1. The normalized spacial score (nSPS) is 16.4. The Morgan fingerprint density at radius 2 is 2.05 bits per heavy atom. The minimum Gasteiger partial charge on any atom is -0.313 e. The third-order valence-corrected chi connectivity index (χ3v) is 6.06. The Bertz CT molecular complexity index is 565. The van der Waals surface area contributed by atoms with E-state index in [1.54, 1.807) is 13.1 Å². The summed E-state index contributed by atoms with van der Waals surface area (Å²) in [7, 11) is -1.66. The van der Waals surface area contributed by atoms with Crippen LogP contribution in [0.3, 0.4) is 0 Å². The molecule has 0 spiro atoms. The maximum absolute atomic E-state index is 12.6. The first kappa shape index (κ1) is 15.5. The Morgan fingerprint density at radius 3 is 2.60 bits per heavy atom. The van der Waals surface area contributed by atoms with Crippen LogP contribution in [-0.2, 0) is 16.6 Å². The van der Waals surface area contributed by atoms with Gasteiger partial charge in [0.05, 0.1) is 4.90 Å². The van der Waals surface area contributed by atoms with Crippen LogP contribution in [0, 0.1) is 6.92 Å². The zero-order valence-electron chi connectivity index (χ0n) is 12.5. The number of nitrogens with one attached hydrogen (secondary N) is 1. The summed E-state index contributed by atoms with van der Waals surface area (Å²) < 4.78 is 26.8. The highest BCUT2D eigenvalue weighted by molar-refractivity contribution is 7.89. The van der Waals surface area contributed by atoms with Gasteiger partial charge < -0.3 is 5.32 Å². The van der Waals surface area contributed by atoms with Gasteiger partial charge in [-0.1, -0.05) is 19.4 Å². The van der Waals surface area contributed by atoms with Crippen LogP contribution in [0.15, 0.2) is 23.1 Å². The van der Waals surface area contributed by atoms with Crippen LogP contribution < -0.4 is 5.32 Å². The van der Waals surface area contributed by atoms with Crippen LogP contribution >= 0.6 is 0 Å². The van der Waals surface area contributed by atoms with Gasteiger partial charge in [-0.25, -0.2) is 8.42 Å². The predicted octanol–water partition coefficient (Wildman–Crippen LogP) is 2.28. The van der Waals surface area contributed by atoms with Gasteiger partial charge in [0.25, 0.3) is 0 Å². The number of aryl methyl sites for hydroxylation is 1. The zero-order chi connectivity index (χ0) is 14.8. The fourth-order valence-electron chi connectivity index (χ4n) is 2.37. The molecule has 1 saturated carbocycles. The van der Waals surface area contributed by atoms with Crippen molar-refractivity contribution in [3.05, 3.63) is 29.3 Å². The molecule has 0 aliphatic heterocycles. The number of nitrogens with zero attached hydrogens (tertiary/aromatic N) is 1. The highest BCUT2D eigenvalue weighted by Gasteiger charge is 2.31. The van der Waals surface area contributed by atoms with Gasteiger partial charge in [-0.05, 0) is 49.6 Å². The zero-order valence-corrected chi connectivity index (χ0v) is 13.3. The molecular weight excluding hydrogens is 272 g/mol. The smallest absolute Gasteiger partial charge is 0.243 e. The quantitative estimate of drug-likeness (QED) is 0.876. The van der Waals surface area contributed by atoms with Crippen molar-refractivity contribution in [2.45, 2.75) is 50.6 Å². The van der Waals surface area contributed by atoms with Crippen molar-refractivity contribution in [3.8, 4) is 0 Å². The van der Waals surface area contributed by atoms with E-state index in [1.165, 1.54) is 4.31 Å². The first-order valence-corrected chi connectivity index (χ1v) is 8.69. The second-order valence-electron chi connectivity index (χ2n) is 5.47. The van der Waals surface area contributed by atoms with E-state index in [0.717, 1.165) is 36.9 Å². The third-order valence-electron chi connectivity index (χ3n) is 4.15. The molecule has 0 radical (unpaired) electrons. The Balaban J connectivity index is 2.26. The summed E-state index contributed by atoms with van der Waals surface area (Å²) in [6.45, 7) is 5.64. The lowest BCUT2D eigenvalue weighted by Gasteiger charge is -2.33. The molecule has 112 valence electrons. The summed E-state index contributed by atoms with van der Waals surface area (Å²) in [5.74, 6) is 0. The number of hydrogen-bond donors (Lipinski definition) is 1. The van der Waals surface area contributed by atoms with Crippen molar-refractivity contribution >= 4 is 10.0 Å². The molecule has 0 heterocycles. The Kier molecular flexibility index (Phi) is 4.83. The van der Waals surface area contributed by atoms with Crippen molar-refractivity contribution in [3.63, 3.8) is 0 Å². The second-order valence-corrected chi connectivity index (χ2v) is 7.47. The molecule has 1 aromatic rings. The van der Waals surface area contributed by atoms with Gasteiger partial charge in [0.15, 0.2) is 0 Å². The molecule has 1 aliphatic carbocycles. The van der Waals surface area contributed by atoms with E-state index < -0.39 is 10.0 Å². The average Bonchev–Trinajstić information content (AvgIpc) is 2.35. The third kappa shape index (κ3) is 3.05. The van der Waals surface area contributed by atoms with E-state index in [2.05, 4.69) is 5.32 Å². The van der Waals surface area contributed by atoms with E-state index in [0.29, 0.717) is 11.4 Å². The van der Waals surface area contributed by atoms with Gasteiger partial charge in [-0.15, -0.1) is 0 Å². The van der Waals surface area contributed by atoms with Gasteiger partial charge in [-0.2, -0.15) is 4.31 Å². The first-order chi connectivity index (χ1) is 9.46. The topological polar surface area (TPSA) is 49.4 Å². The fourth-order valence-corrected chi connectivity index (χ4v) is 3.84. The molecule has 20 heavy (non-hydrogen) atoms. The van der Waals surface area contributed by atoms with Crippen LogP contribution in [0.2, 0.25) is 0 Å². The van der Waals surface area contributed by atoms with Crippen LogP contribution in [0.5, 0.6) is 0 Å². The van der Waals surface area contributed by atoms with Gasteiger partial charge in [0, 0.05) is 19.6 Å². The number of rotatable bonds is 6. The summed E-state index contributed by atoms with van der Waals surface area (Å²) in [6.07, 6.45) is 3.09. The summed E-state index contributed by atoms with van der Waals surface area (Å²) in [4.78, 5) is 0.408. The molecule has 0 unspecified atom stereocenters. The molecular formula is C15H24N2O2S. The van der Waals surface area contributed by atoms with E-state index >= 15 is 0 Å². The standard InChI is InChI=1S/C15H24N2O2S/c1-4-16-11-13-10-15(9-8-12(13)2)20(18,19)17(3)14-6-5-7-14/h8-10,14,16H,4-7,11H2,1-3H3. The Hall–Kier alpha value is -0.910. The lowest BCUT2D eigenvalue weighted by molar-refractivity contribution is 0.249. The maximum Gasteiger partial charge on any atom is 0.243 e.